The quantitative estimate of drug-likeness (QED) is 0.862. The predicted octanol–water partition coefficient (Wildman–Crippen LogP) is 2.03. The molecule has 0 saturated heterocycles. The number of aromatic nitrogens is 3. The van der Waals surface area contributed by atoms with Crippen LogP contribution in [0, 0.1) is 6.92 Å². The zero-order chi connectivity index (χ0) is 11.2. The van der Waals surface area contributed by atoms with Gasteiger partial charge in [-0.25, -0.2) is 9.50 Å². The number of nitrogens with zero attached hydrogens (tertiary/aromatic N) is 3. The normalized spacial score (nSPS) is 12.3. The second-order valence-corrected chi connectivity index (χ2v) is 4.87. The first-order valence-electron chi connectivity index (χ1n) is 4.64. The van der Waals surface area contributed by atoms with Gasteiger partial charge < -0.3 is 5.11 Å². The summed E-state index contributed by atoms with van der Waals surface area (Å²) in [5, 5.41) is 14.2. The molecule has 2 aromatic heterocycles. The lowest BCUT2D eigenvalue weighted by atomic mass is 10.1. The lowest BCUT2D eigenvalue weighted by Gasteiger charge is -2.18. The molecule has 0 spiro atoms. The number of fused-ring (bicyclic) bond motifs is 1. The molecule has 2 rings (SSSR count). The van der Waals surface area contributed by atoms with Gasteiger partial charge in [0.1, 0.15) is 11.4 Å². The molecular formula is C10H12BrN3O. The van der Waals surface area contributed by atoms with Gasteiger partial charge in [0.2, 0.25) is 0 Å². The number of aryl methyl sites for hydroxylation is 1. The highest BCUT2D eigenvalue weighted by atomic mass is 79.9. The zero-order valence-electron chi connectivity index (χ0n) is 8.82. The van der Waals surface area contributed by atoms with Crippen LogP contribution in [0.15, 0.2) is 16.6 Å². The Balaban J connectivity index is 2.83. The van der Waals surface area contributed by atoms with E-state index in [9.17, 15) is 5.11 Å². The van der Waals surface area contributed by atoms with Gasteiger partial charge in [-0.1, -0.05) is 0 Å². The molecule has 0 aliphatic rings. The van der Waals surface area contributed by atoms with Gasteiger partial charge in [0, 0.05) is 0 Å². The van der Waals surface area contributed by atoms with E-state index in [1.807, 2.05) is 19.1 Å². The Bertz CT molecular complexity index is 513. The first-order valence-corrected chi connectivity index (χ1v) is 5.43. The van der Waals surface area contributed by atoms with Crippen molar-refractivity contribution < 1.29 is 5.11 Å². The number of hydrogen-bond donors (Lipinski definition) is 1. The third-order valence-electron chi connectivity index (χ3n) is 2.17. The summed E-state index contributed by atoms with van der Waals surface area (Å²) in [4.78, 5) is 4.28. The maximum atomic E-state index is 9.98. The van der Waals surface area contributed by atoms with E-state index in [2.05, 4.69) is 26.0 Å². The first kappa shape index (κ1) is 10.6. The summed E-state index contributed by atoms with van der Waals surface area (Å²) in [5.74, 6) is 0.687. The molecule has 0 radical (unpaired) electrons. The molecule has 2 heterocycles. The molecular weight excluding hydrogens is 258 g/mol. The molecule has 0 aliphatic heterocycles. The van der Waals surface area contributed by atoms with E-state index in [0.29, 0.717) is 5.82 Å². The van der Waals surface area contributed by atoms with E-state index in [1.54, 1.807) is 18.4 Å². The lowest BCUT2D eigenvalue weighted by Crippen LogP contribution is -2.20. The molecule has 80 valence electrons. The van der Waals surface area contributed by atoms with Crippen LogP contribution in [0.5, 0.6) is 0 Å². The van der Waals surface area contributed by atoms with Crippen molar-refractivity contribution in [3.8, 4) is 0 Å². The fraction of sp³-hybridized carbons (Fsp3) is 0.400. The Hall–Kier alpha value is -0.940. The van der Waals surface area contributed by atoms with Gasteiger partial charge in [-0.2, -0.15) is 5.10 Å². The van der Waals surface area contributed by atoms with E-state index in [4.69, 9.17) is 0 Å². The Morgan fingerprint density at radius 3 is 2.67 bits per heavy atom. The van der Waals surface area contributed by atoms with Crippen molar-refractivity contribution in [1.29, 1.82) is 0 Å². The first-order chi connectivity index (χ1) is 6.89. The molecule has 1 N–H and O–H groups in total. The molecule has 0 aliphatic carbocycles. The fourth-order valence-corrected chi connectivity index (χ4v) is 1.89. The summed E-state index contributed by atoms with van der Waals surface area (Å²) in [6.45, 7) is 5.28. The number of aliphatic hydroxyl groups is 1. The zero-order valence-corrected chi connectivity index (χ0v) is 10.4. The van der Waals surface area contributed by atoms with Crippen molar-refractivity contribution in [3.63, 3.8) is 0 Å². The van der Waals surface area contributed by atoms with Crippen molar-refractivity contribution >= 4 is 21.6 Å². The number of hydrogen-bond acceptors (Lipinski definition) is 3. The molecule has 5 heteroatoms. The average molecular weight is 270 g/mol. The third-order valence-corrected chi connectivity index (χ3v) is 2.79. The maximum Gasteiger partial charge on any atom is 0.170 e. The number of pyridine rings is 1. The van der Waals surface area contributed by atoms with E-state index in [-0.39, 0.29) is 0 Å². The van der Waals surface area contributed by atoms with Crippen LogP contribution in [-0.2, 0) is 5.60 Å². The topological polar surface area (TPSA) is 50.4 Å². The van der Waals surface area contributed by atoms with Crippen LogP contribution < -0.4 is 0 Å². The monoisotopic (exact) mass is 269 g/mol. The average Bonchev–Trinajstić information content (AvgIpc) is 2.45. The largest absolute Gasteiger partial charge is 0.384 e. The van der Waals surface area contributed by atoms with Gasteiger partial charge >= 0.3 is 0 Å². The number of rotatable bonds is 1. The van der Waals surface area contributed by atoms with E-state index >= 15 is 0 Å². The van der Waals surface area contributed by atoms with Crippen molar-refractivity contribution in [1.82, 2.24) is 14.6 Å². The molecule has 15 heavy (non-hydrogen) atoms. The molecule has 0 unspecified atom stereocenters. The summed E-state index contributed by atoms with van der Waals surface area (Å²) < 4.78 is 2.54. The minimum Gasteiger partial charge on any atom is -0.384 e. The van der Waals surface area contributed by atoms with Crippen LogP contribution in [0.1, 0.15) is 25.4 Å². The van der Waals surface area contributed by atoms with E-state index < -0.39 is 5.60 Å². The summed E-state index contributed by atoms with van der Waals surface area (Å²) in [6.07, 6.45) is 0. The summed E-state index contributed by atoms with van der Waals surface area (Å²) in [6, 6.07) is 3.71. The highest BCUT2D eigenvalue weighted by molar-refractivity contribution is 9.10. The SMILES string of the molecule is Cc1nc2c(Br)ccc(C(C)(C)O)n2n1. The van der Waals surface area contributed by atoms with E-state index in [0.717, 1.165) is 15.8 Å². The predicted molar refractivity (Wildman–Crippen MR) is 60.7 cm³/mol. The Morgan fingerprint density at radius 1 is 1.40 bits per heavy atom. The third kappa shape index (κ3) is 1.77. The Labute approximate surface area is 96.1 Å². The molecule has 4 nitrogen and oxygen atoms in total. The van der Waals surface area contributed by atoms with Gasteiger partial charge in [0.25, 0.3) is 0 Å². The standard InChI is InChI=1S/C10H12BrN3O/c1-6-12-9-7(11)4-5-8(10(2,3)15)14(9)13-6/h4-5,15H,1-3H3. The smallest absolute Gasteiger partial charge is 0.170 e. The van der Waals surface area contributed by atoms with Crippen LogP contribution in [0.4, 0.5) is 0 Å². The summed E-state index contributed by atoms with van der Waals surface area (Å²) in [5.41, 5.74) is 0.521. The fourth-order valence-electron chi connectivity index (χ4n) is 1.50. The highest BCUT2D eigenvalue weighted by Crippen LogP contribution is 2.24. The van der Waals surface area contributed by atoms with Crippen LogP contribution in [0.25, 0.3) is 5.65 Å². The molecule has 0 amide bonds. The molecule has 0 saturated carbocycles. The van der Waals surface area contributed by atoms with Crippen molar-refractivity contribution in [3.05, 3.63) is 28.1 Å². The van der Waals surface area contributed by atoms with Crippen molar-refractivity contribution in [2.45, 2.75) is 26.4 Å². The second kappa shape index (κ2) is 3.28. The van der Waals surface area contributed by atoms with E-state index in [1.165, 1.54) is 0 Å². The second-order valence-electron chi connectivity index (χ2n) is 4.02. The van der Waals surface area contributed by atoms with Gasteiger partial charge in [-0.05, 0) is 48.8 Å². The lowest BCUT2D eigenvalue weighted by molar-refractivity contribution is 0.0714. The van der Waals surface area contributed by atoms with Crippen molar-refractivity contribution in [2.75, 3.05) is 0 Å². The van der Waals surface area contributed by atoms with Gasteiger partial charge in [-0.3, -0.25) is 0 Å². The van der Waals surface area contributed by atoms with Crippen LogP contribution in [0.2, 0.25) is 0 Å². The molecule has 0 aromatic carbocycles. The Morgan fingerprint density at radius 2 is 2.07 bits per heavy atom. The molecule has 0 atom stereocenters. The van der Waals surface area contributed by atoms with Gasteiger partial charge in [0.15, 0.2) is 5.65 Å². The van der Waals surface area contributed by atoms with Crippen LogP contribution >= 0.6 is 15.9 Å². The van der Waals surface area contributed by atoms with Crippen LogP contribution in [-0.4, -0.2) is 19.7 Å². The molecule has 0 fully saturated rings. The van der Waals surface area contributed by atoms with Crippen molar-refractivity contribution in [2.24, 2.45) is 0 Å². The highest BCUT2D eigenvalue weighted by Gasteiger charge is 2.21. The Kier molecular flexibility index (Phi) is 2.31. The van der Waals surface area contributed by atoms with Crippen LogP contribution in [0.3, 0.4) is 0 Å². The van der Waals surface area contributed by atoms with Gasteiger partial charge in [-0.15, -0.1) is 0 Å². The maximum absolute atomic E-state index is 9.98. The van der Waals surface area contributed by atoms with Gasteiger partial charge in [0.05, 0.1) is 10.2 Å². The molecule has 2 aromatic rings. The summed E-state index contributed by atoms with van der Waals surface area (Å²) >= 11 is 3.41. The molecule has 0 bridgehead atoms. The summed E-state index contributed by atoms with van der Waals surface area (Å²) in [7, 11) is 0. The minimum absolute atomic E-state index is 0.687. The number of halogens is 1. The minimum atomic E-state index is -0.931.